The van der Waals surface area contributed by atoms with Gasteiger partial charge < -0.3 is 14.6 Å². The summed E-state index contributed by atoms with van der Waals surface area (Å²) in [5.74, 6) is -0.0894. The SMILES string of the molecule is CC1(C)OB(C2=CCNC2=O)OC1(C)C. The Morgan fingerprint density at radius 1 is 1.27 bits per heavy atom. The maximum absolute atomic E-state index is 11.4. The van der Waals surface area contributed by atoms with Crippen LogP contribution in [0.25, 0.3) is 0 Å². The van der Waals surface area contributed by atoms with Crippen LogP contribution in [0.4, 0.5) is 0 Å². The molecule has 15 heavy (non-hydrogen) atoms. The third-order valence-corrected chi connectivity index (χ3v) is 3.35. The van der Waals surface area contributed by atoms with Crippen LogP contribution in [0.3, 0.4) is 0 Å². The van der Waals surface area contributed by atoms with Gasteiger partial charge in [-0.25, -0.2) is 0 Å². The normalized spacial score (nSPS) is 27.9. The van der Waals surface area contributed by atoms with Crippen molar-refractivity contribution in [2.75, 3.05) is 6.54 Å². The lowest BCUT2D eigenvalue weighted by Crippen LogP contribution is -2.41. The first-order chi connectivity index (χ1) is 6.83. The van der Waals surface area contributed by atoms with Crippen LogP contribution in [0, 0.1) is 0 Å². The summed E-state index contributed by atoms with van der Waals surface area (Å²) in [4.78, 5) is 11.4. The molecule has 1 amide bonds. The molecule has 0 atom stereocenters. The van der Waals surface area contributed by atoms with Crippen molar-refractivity contribution in [1.82, 2.24) is 5.32 Å². The molecule has 0 aromatic heterocycles. The molecule has 2 rings (SSSR count). The molecule has 1 fully saturated rings. The molecule has 0 aromatic carbocycles. The molecule has 2 heterocycles. The van der Waals surface area contributed by atoms with Crippen molar-refractivity contribution in [3.63, 3.8) is 0 Å². The lowest BCUT2D eigenvalue weighted by Gasteiger charge is -2.32. The lowest BCUT2D eigenvalue weighted by molar-refractivity contribution is -0.116. The summed E-state index contributed by atoms with van der Waals surface area (Å²) in [6.07, 6.45) is 1.82. The zero-order valence-electron chi connectivity index (χ0n) is 9.59. The summed E-state index contributed by atoms with van der Waals surface area (Å²) in [5, 5.41) is 2.71. The van der Waals surface area contributed by atoms with E-state index in [0.29, 0.717) is 12.0 Å². The third kappa shape index (κ3) is 1.60. The van der Waals surface area contributed by atoms with E-state index >= 15 is 0 Å². The molecule has 4 nitrogen and oxygen atoms in total. The molecule has 2 aliphatic heterocycles. The van der Waals surface area contributed by atoms with Crippen molar-refractivity contribution < 1.29 is 14.1 Å². The molecule has 5 heteroatoms. The molecule has 1 saturated heterocycles. The van der Waals surface area contributed by atoms with E-state index in [4.69, 9.17) is 9.31 Å². The summed E-state index contributed by atoms with van der Waals surface area (Å²) in [7, 11) is -0.530. The number of hydrogen-bond acceptors (Lipinski definition) is 3. The molecule has 2 aliphatic rings. The number of carbonyl (C=O) groups excluding carboxylic acids is 1. The van der Waals surface area contributed by atoms with Gasteiger partial charge in [-0.2, -0.15) is 0 Å². The maximum Gasteiger partial charge on any atom is 0.500 e. The fourth-order valence-corrected chi connectivity index (χ4v) is 1.62. The lowest BCUT2D eigenvalue weighted by atomic mass is 9.78. The second-order valence-electron chi connectivity index (χ2n) is 4.96. The third-order valence-electron chi connectivity index (χ3n) is 3.35. The zero-order chi connectivity index (χ0) is 11.3. The Hall–Kier alpha value is -0.805. The number of rotatable bonds is 1. The molecule has 0 bridgehead atoms. The Morgan fingerprint density at radius 3 is 2.20 bits per heavy atom. The van der Waals surface area contributed by atoms with Gasteiger partial charge in [-0.05, 0) is 27.7 Å². The quantitative estimate of drug-likeness (QED) is 0.645. The highest BCUT2D eigenvalue weighted by atomic mass is 16.7. The van der Waals surface area contributed by atoms with E-state index in [1.165, 1.54) is 0 Å². The van der Waals surface area contributed by atoms with Crippen LogP contribution < -0.4 is 5.32 Å². The van der Waals surface area contributed by atoms with Crippen LogP contribution in [0.1, 0.15) is 27.7 Å². The first-order valence-corrected chi connectivity index (χ1v) is 5.17. The predicted octanol–water partition coefficient (Wildman–Crippen LogP) is 0.674. The van der Waals surface area contributed by atoms with Crippen molar-refractivity contribution in [3.8, 4) is 0 Å². The second kappa shape index (κ2) is 3.09. The Morgan fingerprint density at radius 2 is 1.80 bits per heavy atom. The van der Waals surface area contributed by atoms with Gasteiger partial charge >= 0.3 is 7.12 Å². The van der Waals surface area contributed by atoms with Gasteiger partial charge in [0, 0.05) is 12.0 Å². The minimum Gasteiger partial charge on any atom is -0.399 e. The topological polar surface area (TPSA) is 47.6 Å². The Bertz CT molecular complexity index is 320. The van der Waals surface area contributed by atoms with E-state index in [-0.39, 0.29) is 17.1 Å². The van der Waals surface area contributed by atoms with Crippen molar-refractivity contribution in [2.24, 2.45) is 0 Å². The zero-order valence-corrected chi connectivity index (χ0v) is 9.59. The Kier molecular flexibility index (Phi) is 2.21. The largest absolute Gasteiger partial charge is 0.500 e. The van der Waals surface area contributed by atoms with Gasteiger partial charge in [0.25, 0.3) is 0 Å². The predicted molar refractivity (Wildman–Crippen MR) is 57.2 cm³/mol. The monoisotopic (exact) mass is 209 g/mol. The fraction of sp³-hybridized carbons (Fsp3) is 0.700. The van der Waals surface area contributed by atoms with Crippen LogP contribution in [0.5, 0.6) is 0 Å². The number of amides is 1. The van der Waals surface area contributed by atoms with Crippen LogP contribution in [0.2, 0.25) is 0 Å². The highest BCUT2D eigenvalue weighted by molar-refractivity contribution is 6.62. The minimum atomic E-state index is -0.530. The summed E-state index contributed by atoms with van der Waals surface area (Å²) in [5.41, 5.74) is -0.184. The summed E-state index contributed by atoms with van der Waals surface area (Å²) in [6.45, 7) is 8.46. The molecule has 1 N–H and O–H groups in total. The first kappa shape index (κ1) is 10.7. The highest BCUT2D eigenvalue weighted by Gasteiger charge is 2.53. The van der Waals surface area contributed by atoms with Crippen molar-refractivity contribution in [1.29, 1.82) is 0 Å². The van der Waals surface area contributed by atoms with E-state index in [2.05, 4.69) is 5.32 Å². The van der Waals surface area contributed by atoms with E-state index in [1.54, 1.807) is 0 Å². The van der Waals surface area contributed by atoms with Gasteiger partial charge in [-0.15, -0.1) is 0 Å². The molecular weight excluding hydrogens is 193 g/mol. The molecule has 0 aromatic rings. The minimum absolute atomic E-state index is 0.0894. The van der Waals surface area contributed by atoms with Crippen LogP contribution >= 0.6 is 0 Å². The fourth-order valence-electron chi connectivity index (χ4n) is 1.62. The van der Waals surface area contributed by atoms with Crippen molar-refractivity contribution in [3.05, 3.63) is 11.5 Å². The number of hydrogen-bond donors (Lipinski definition) is 1. The summed E-state index contributed by atoms with van der Waals surface area (Å²) in [6, 6.07) is 0. The van der Waals surface area contributed by atoms with Crippen LogP contribution in [-0.4, -0.2) is 30.8 Å². The van der Waals surface area contributed by atoms with E-state index in [1.807, 2.05) is 33.8 Å². The number of carbonyl (C=O) groups is 1. The van der Waals surface area contributed by atoms with E-state index < -0.39 is 7.12 Å². The van der Waals surface area contributed by atoms with Gasteiger partial charge in [0.2, 0.25) is 5.91 Å². The highest BCUT2D eigenvalue weighted by Crippen LogP contribution is 2.38. The molecule has 82 valence electrons. The van der Waals surface area contributed by atoms with Gasteiger partial charge in [0.1, 0.15) is 0 Å². The van der Waals surface area contributed by atoms with Gasteiger partial charge in [0.15, 0.2) is 0 Å². The second-order valence-corrected chi connectivity index (χ2v) is 4.96. The van der Waals surface area contributed by atoms with Gasteiger partial charge in [-0.3, -0.25) is 4.79 Å². The number of nitrogens with one attached hydrogen (secondary N) is 1. The Labute approximate surface area is 90.2 Å². The maximum atomic E-state index is 11.4. The van der Waals surface area contributed by atoms with Gasteiger partial charge in [0.05, 0.1) is 11.2 Å². The molecular formula is C10H16BNO3. The van der Waals surface area contributed by atoms with Crippen LogP contribution in [-0.2, 0) is 14.1 Å². The van der Waals surface area contributed by atoms with Crippen LogP contribution in [0.15, 0.2) is 11.5 Å². The van der Waals surface area contributed by atoms with E-state index in [0.717, 1.165) is 0 Å². The molecule has 0 unspecified atom stereocenters. The van der Waals surface area contributed by atoms with Crippen molar-refractivity contribution >= 4 is 13.0 Å². The van der Waals surface area contributed by atoms with Gasteiger partial charge in [-0.1, -0.05) is 6.08 Å². The summed E-state index contributed by atoms with van der Waals surface area (Å²) >= 11 is 0. The Balaban J connectivity index is 2.20. The summed E-state index contributed by atoms with van der Waals surface area (Å²) < 4.78 is 11.5. The average Bonchev–Trinajstić information content (AvgIpc) is 2.55. The molecule has 0 spiro atoms. The smallest absolute Gasteiger partial charge is 0.399 e. The first-order valence-electron chi connectivity index (χ1n) is 5.17. The average molecular weight is 209 g/mol. The van der Waals surface area contributed by atoms with E-state index in [9.17, 15) is 4.79 Å². The molecule has 0 aliphatic carbocycles. The van der Waals surface area contributed by atoms with Crippen molar-refractivity contribution in [2.45, 2.75) is 38.9 Å². The molecule has 0 radical (unpaired) electrons. The standard InChI is InChI=1S/C10H16BNO3/c1-9(2)10(3,4)15-11(14-9)7-5-6-12-8(7)13/h5H,6H2,1-4H3,(H,12,13). The molecule has 0 saturated carbocycles.